The van der Waals surface area contributed by atoms with Gasteiger partial charge in [0.15, 0.2) is 0 Å². The lowest BCUT2D eigenvalue weighted by Gasteiger charge is -2.55. The lowest BCUT2D eigenvalue weighted by Crippen LogP contribution is -2.61. The van der Waals surface area contributed by atoms with Crippen molar-refractivity contribution < 1.29 is 14.4 Å². The zero-order chi connectivity index (χ0) is 23.3. The molecule has 1 spiro atoms. The summed E-state index contributed by atoms with van der Waals surface area (Å²) >= 11 is 0. The molecule has 7 nitrogen and oxygen atoms in total. The molecule has 4 fully saturated rings. The summed E-state index contributed by atoms with van der Waals surface area (Å²) < 4.78 is 0. The molecule has 1 saturated carbocycles. The van der Waals surface area contributed by atoms with Gasteiger partial charge in [-0.3, -0.25) is 19.7 Å². The van der Waals surface area contributed by atoms with Crippen molar-refractivity contribution in [2.24, 2.45) is 11.3 Å². The van der Waals surface area contributed by atoms with Gasteiger partial charge in [0.2, 0.25) is 11.8 Å². The molecule has 0 bridgehead atoms. The quantitative estimate of drug-likeness (QED) is 0.694. The van der Waals surface area contributed by atoms with Gasteiger partial charge in [0.25, 0.3) is 5.91 Å². The second-order valence-corrected chi connectivity index (χ2v) is 11.4. The summed E-state index contributed by atoms with van der Waals surface area (Å²) in [7, 11) is 0. The van der Waals surface area contributed by atoms with Gasteiger partial charge in [0, 0.05) is 54.8 Å². The van der Waals surface area contributed by atoms with Crippen LogP contribution in [0.2, 0.25) is 0 Å². The molecule has 0 radical (unpaired) electrons. The molecular formula is C27H36N4O3. The van der Waals surface area contributed by atoms with Gasteiger partial charge in [-0.05, 0) is 63.2 Å². The zero-order valence-corrected chi connectivity index (χ0v) is 20.1. The highest BCUT2D eigenvalue weighted by molar-refractivity contribution is 6.06. The van der Waals surface area contributed by atoms with E-state index in [2.05, 4.69) is 21.2 Å². The maximum absolute atomic E-state index is 13.1. The van der Waals surface area contributed by atoms with E-state index in [9.17, 15) is 14.4 Å². The highest BCUT2D eigenvalue weighted by Gasteiger charge is 2.47. The van der Waals surface area contributed by atoms with E-state index in [1.807, 2.05) is 12.1 Å². The molecule has 1 aliphatic carbocycles. The smallest absolute Gasteiger partial charge is 0.255 e. The van der Waals surface area contributed by atoms with Gasteiger partial charge in [-0.2, -0.15) is 0 Å². The molecule has 1 aromatic rings. The van der Waals surface area contributed by atoms with Crippen LogP contribution < -0.4 is 10.2 Å². The third-order valence-electron chi connectivity index (χ3n) is 9.11. The number of rotatable bonds is 4. The SMILES string of the molecule is O=C1CCC(N2Cc3c(cccc3N3CC4(CCN(CC5CCCCC5)CC4)C3)C2=O)C(=O)N1. The summed E-state index contributed by atoms with van der Waals surface area (Å²) in [5.74, 6) is 0.235. The van der Waals surface area contributed by atoms with Crippen LogP contribution in [0.3, 0.4) is 0 Å². The van der Waals surface area contributed by atoms with Gasteiger partial charge in [-0.25, -0.2) is 0 Å². The van der Waals surface area contributed by atoms with E-state index in [1.54, 1.807) is 4.90 Å². The Morgan fingerprint density at radius 1 is 0.971 bits per heavy atom. The molecule has 3 saturated heterocycles. The second kappa shape index (κ2) is 8.67. The summed E-state index contributed by atoms with van der Waals surface area (Å²) in [5, 5.41) is 2.40. The fourth-order valence-corrected chi connectivity index (χ4v) is 7.06. The van der Waals surface area contributed by atoms with Crippen molar-refractivity contribution in [1.82, 2.24) is 15.1 Å². The van der Waals surface area contributed by atoms with E-state index in [0.717, 1.165) is 30.3 Å². The lowest BCUT2D eigenvalue weighted by molar-refractivity contribution is -0.136. The van der Waals surface area contributed by atoms with Crippen LogP contribution in [0.4, 0.5) is 5.69 Å². The summed E-state index contributed by atoms with van der Waals surface area (Å²) in [6.45, 7) is 6.32. The van der Waals surface area contributed by atoms with Gasteiger partial charge in [-0.15, -0.1) is 0 Å². The molecule has 4 aliphatic heterocycles. The lowest BCUT2D eigenvalue weighted by atomic mass is 9.71. The molecule has 1 aromatic carbocycles. The molecular weight excluding hydrogens is 428 g/mol. The Morgan fingerprint density at radius 3 is 2.47 bits per heavy atom. The number of nitrogens with zero attached hydrogens (tertiary/aromatic N) is 3. The highest BCUT2D eigenvalue weighted by Crippen LogP contribution is 2.45. The van der Waals surface area contributed by atoms with Crippen LogP contribution in [0.1, 0.15) is 73.7 Å². The van der Waals surface area contributed by atoms with E-state index in [-0.39, 0.29) is 24.1 Å². The van der Waals surface area contributed by atoms with Crippen LogP contribution >= 0.6 is 0 Å². The number of hydrogen-bond donors (Lipinski definition) is 1. The number of piperidine rings is 2. The van der Waals surface area contributed by atoms with Gasteiger partial charge >= 0.3 is 0 Å². The van der Waals surface area contributed by atoms with Crippen LogP contribution in [-0.4, -0.2) is 66.3 Å². The molecule has 0 aromatic heterocycles. The largest absolute Gasteiger partial charge is 0.370 e. The number of carbonyl (C=O) groups excluding carboxylic acids is 3. The standard InChI is InChI=1S/C27H36N4O3/c32-24-10-9-23(25(33)28-24)31-16-21-20(26(31)34)7-4-8-22(21)30-17-27(18-30)11-13-29(14-12-27)15-19-5-2-1-3-6-19/h4,7-8,19,23H,1-3,5-6,9-18H2,(H,28,32,33). The van der Waals surface area contributed by atoms with E-state index in [1.165, 1.54) is 64.6 Å². The number of imide groups is 1. The summed E-state index contributed by atoms with van der Waals surface area (Å²) in [6, 6.07) is 5.43. The van der Waals surface area contributed by atoms with Crippen molar-refractivity contribution in [2.45, 2.75) is 70.4 Å². The Bertz CT molecular complexity index is 986. The molecule has 7 heteroatoms. The molecule has 182 valence electrons. The van der Waals surface area contributed by atoms with Crippen molar-refractivity contribution in [3.63, 3.8) is 0 Å². The van der Waals surface area contributed by atoms with Gasteiger partial charge in [0.1, 0.15) is 6.04 Å². The fourth-order valence-electron chi connectivity index (χ4n) is 7.06. The average molecular weight is 465 g/mol. The Hall–Kier alpha value is -2.41. The molecule has 1 atom stereocenters. The van der Waals surface area contributed by atoms with Crippen molar-refractivity contribution >= 4 is 23.4 Å². The molecule has 4 heterocycles. The highest BCUT2D eigenvalue weighted by atomic mass is 16.2. The zero-order valence-electron chi connectivity index (χ0n) is 20.1. The van der Waals surface area contributed by atoms with E-state index in [4.69, 9.17) is 0 Å². The Kier molecular flexibility index (Phi) is 5.63. The first-order valence-corrected chi connectivity index (χ1v) is 13.3. The number of likely N-dealkylation sites (tertiary alicyclic amines) is 1. The van der Waals surface area contributed by atoms with Crippen molar-refractivity contribution in [1.29, 1.82) is 0 Å². The number of anilines is 1. The van der Waals surface area contributed by atoms with Crippen molar-refractivity contribution in [3.8, 4) is 0 Å². The van der Waals surface area contributed by atoms with Crippen molar-refractivity contribution in [3.05, 3.63) is 29.3 Å². The maximum Gasteiger partial charge on any atom is 0.255 e. The van der Waals surface area contributed by atoms with Gasteiger partial charge < -0.3 is 14.7 Å². The minimum atomic E-state index is -0.554. The molecule has 34 heavy (non-hydrogen) atoms. The number of nitrogens with one attached hydrogen (secondary N) is 1. The molecule has 1 N–H and O–H groups in total. The monoisotopic (exact) mass is 464 g/mol. The second-order valence-electron chi connectivity index (χ2n) is 11.4. The first-order valence-electron chi connectivity index (χ1n) is 13.3. The maximum atomic E-state index is 13.1. The molecule has 3 amide bonds. The predicted molar refractivity (Wildman–Crippen MR) is 129 cm³/mol. The number of amides is 3. The third-order valence-corrected chi connectivity index (χ3v) is 9.11. The first kappa shape index (κ1) is 22.1. The van der Waals surface area contributed by atoms with E-state index in [0.29, 0.717) is 23.9 Å². The van der Waals surface area contributed by atoms with Crippen LogP contribution in [0.25, 0.3) is 0 Å². The number of fused-ring (bicyclic) bond motifs is 1. The van der Waals surface area contributed by atoms with Crippen LogP contribution in [0.15, 0.2) is 18.2 Å². The number of benzene rings is 1. The van der Waals surface area contributed by atoms with E-state index >= 15 is 0 Å². The van der Waals surface area contributed by atoms with Crippen LogP contribution in [-0.2, 0) is 16.1 Å². The fraction of sp³-hybridized carbons (Fsp3) is 0.667. The summed E-state index contributed by atoms with van der Waals surface area (Å²) in [6.07, 6.45) is 10.3. The van der Waals surface area contributed by atoms with E-state index < -0.39 is 6.04 Å². The van der Waals surface area contributed by atoms with Gasteiger partial charge in [-0.1, -0.05) is 25.3 Å². The minimum absolute atomic E-state index is 0.0855. The molecule has 1 unspecified atom stereocenters. The topological polar surface area (TPSA) is 73.0 Å². The molecule has 5 aliphatic rings. The number of carbonyl (C=O) groups is 3. The predicted octanol–water partition coefficient (Wildman–Crippen LogP) is 2.93. The number of hydrogen-bond acceptors (Lipinski definition) is 5. The Balaban J connectivity index is 1.08. The first-order chi connectivity index (χ1) is 16.5. The third kappa shape index (κ3) is 3.92. The molecule has 6 rings (SSSR count). The Morgan fingerprint density at radius 2 is 1.74 bits per heavy atom. The summed E-state index contributed by atoms with van der Waals surface area (Å²) in [4.78, 5) is 43.9. The summed E-state index contributed by atoms with van der Waals surface area (Å²) in [5.41, 5.74) is 3.32. The van der Waals surface area contributed by atoms with Crippen LogP contribution in [0, 0.1) is 11.3 Å². The van der Waals surface area contributed by atoms with Crippen molar-refractivity contribution in [2.75, 3.05) is 37.6 Å². The average Bonchev–Trinajstić information content (AvgIpc) is 3.15. The van der Waals surface area contributed by atoms with Crippen LogP contribution in [0.5, 0.6) is 0 Å². The Labute approximate surface area is 201 Å². The normalized spacial score (nSPS) is 27.6. The van der Waals surface area contributed by atoms with Gasteiger partial charge in [0.05, 0.1) is 0 Å². The minimum Gasteiger partial charge on any atom is -0.370 e.